The number of rotatable bonds is 4. The number of aryl methyl sites for hydroxylation is 3. The van der Waals surface area contributed by atoms with E-state index in [9.17, 15) is 4.79 Å². The molecule has 0 atom stereocenters. The smallest absolute Gasteiger partial charge is 0.234 e. The Hall–Kier alpha value is -2.86. The molecule has 2 aromatic carbocycles. The molecular weight excluding hydrogens is 358 g/mol. The van der Waals surface area contributed by atoms with Gasteiger partial charge in [0.15, 0.2) is 5.58 Å². The van der Waals surface area contributed by atoms with Crippen LogP contribution in [0.2, 0.25) is 0 Å². The molecule has 2 aromatic heterocycles. The van der Waals surface area contributed by atoms with Gasteiger partial charge in [-0.2, -0.15) is 0 Å². The number of furan rings is 1. The first-order valence-electron chi connectivity index (χ1n) is 8.67. The van der Waals surface area contributed by atoms with E-state index >= 15 is 0 Å². The zero-order valence-electron chi connectivity index (χ0n) is 15.4. The Morgan fingerprint density at radius 1 is 1.04 bits per heavy atom. The van der Waals surface area contributed by atoms with E-state index in [1.54, 1.807) is 0 Å². The average molecular weight is 377 g/mol. The fraction of sp³-hybridized carbons (Fsp3) is 0.190. The summed E-state index contributed by atoms with van der Waals surface area (Å²) in [5, 5.41) is 4.65. The second-order valence-electron chi connectivity index (χ2n) is 6.46. The fourth-order valence-electron chi connectivity index (χ4n) is 3.09. The number of hydrogen-bond donors (Lipinski definition) is 1. The van der Waals surface area contributed by atoms with Crippen molar-refractivity contribution in [1.29, 1.82) is 0 Å². The molecule has 0 bridgehead atoms. The van der Waals surface area contributed by atoms with Crippen LogP contribution in [0.15, 0.2) is 51.9 Å². The van der Waals surface area contributed by atoms with Gasteiger partial charge in [0.1, 0.15) is 22.0 Å². The van der Waals surface area contributed by atoms with Crippen LogP contribution in [0, 0.1) is 20.8 Å². The highest BCUT2D eigenvalue weighted by molar-refractivity contribution is 8.00. The summed E-state index contributed by atoms with van der Waals surface area (Å²) in [6, 6.07) is 13.7. The number of benzene rings is 2. The lowest BCUT2D eigenvalue weighted by atomic mass is 10.1. The van der Waals surface area contributed by atoms with Gasteiger partial charge in [0.2, 0.25) is 5.91 Å². The molecule has 27 heavy (non-hydrogen) atoms. The van der Waals surface area contributed by atoms with Crippen molar-refractivity contribution in [1.82, 2.24) is 9.97 Å². The van der Waals surface area contributed by atoms with Crippen LogP contribution in [0.25, 0.3) is 22.1 Å². The number of carbonyl (C=O) groups is 1. The fourth-order valence-corrected chi connectivity index (χ4v) is 3.90. The molecule has 6 heteroatoms. The van der Waals surface area contributed by atoms with Gasteiger partial charge >= 0.3 is 0 Å². The molecule has 136 valence electrons. The molecule has 0 unspecified atom stereocenters. The molecule has 5 nitrogen and oxygen atoms in total. The normalized spacial score (nSPS) is 11.2. The topological polar surface area (TPSA) is 68.0 Å². The first-order chi connectivity index (χ1) is 13.0. The first kappa shape index (κ1) is 17.5. The van der Waals surface area contributed by atoms with Crippen LogP contribution in [0.4, 0.5) is 5.69 Å². The maximum absolute atomic E-state index is 12.5. The molecule has 4 aromatic rings. The molecule has 1 amide bonds. The van der Waals surface area contributed by atoms with Crippen molar-refractivity contribution in [2.45, 2.75) is 25.8 Å². The molecule has 1 N–H and O–H groups in total. The molecule has 0 spiro atoms. The van der Waals surface area contributed by atoms with Crippen LogP contribution in [-0.2, 0) is 4.79 Å². The summed E-state index contributed by atoms with van der Waals surface area (Å²) in [6.07, 6.45) is 0. The standard InChI is InChI=1S/C21H19N3O2S/c1-12-7-6-8-13(2)18(12)24-17(25)11-27-21-20-19(22-14(3)23-21)15-9-4-5-10-16(15)26-20/h4-10H,11H2,1-3H3,(H,24,25). The highest BCUT2D eigenvalue weighted by atomic mass is 32.2. The molecule has 4 rings (SSSR count). The van der Waals surface area contributed by atoms with Crippen LogP contribution >= 0.6 is 11.8 Å². The third-order valence-corrected chi connectivity index (χ3v) is 5.34. The second-order valence-corrected chi connectivity index (χ2v) is 7.42. The van der Waals surface area contributed by atoms with Gasteiger partial charge in [-0.15, -0.1) is 0 Å². The summed E-state index contributed by atoms with van der Waals surface area (Å²) in [5.74, 6) is 0.834. The Labute approximate surface area is 161 Å². The molecule has 2 heterocycles. The van der Waals surface area contributed by atoms with Gasteiger partial charge in [-0.25, -0.2) is 9.97 Å². The third kappa shape index (κ3) is 3.40. The maximum atomic E-state index is 12.5. The van der Waals surface area contributed by atoms with Gasteiger partial charge in [0.05, 0.1) is 5.75 Å². The molecule has 0 aliphatic heterocycles. The zero-order chi connectivity index (χ0) is 19.0. The van der Waals surface area contributed by atoms with E-state index in [0.717, 1.165) is 33.3 Å². The second kappa shape index (κ2) is 7.04. The molecule has 0 saturated heterocycles. The van der Waals surface area contributed by atoms with Crippen molar-refractivity contribution in [3.8, 4) is 0 Å². The van der Waals surface area contributed by atoms with Crippen molar-refractivity contribution >= 4 is 45.4 Å². The minimum absolute atomic E-state index is 0.0714. The van der Waals surface area contributed by atoms with Crippen LogP contribution in [0.1, 0.15) is 17.0 Å². The van der Waals surface area contributed by atoms with Crippen molar-refractivity contribution in [3.05, 3.63) is 59.4 Å². The lowest BCUT2D eigenvalue weighted by molar-refractivity contribution is -0.113. The third-order valence-electron chi connectivity index (χ3n) is 4.39. The lowest BCUT2D eigenvalue weighted by Gasteiger charge is -2.11. The number of carbonyl (C=O) groups excluding carboxylic acids is 1. The number of aromatic nitrogens is 2. The summed E-state index contributed by atoms with van der Waals surface area (Å²) in [7, 11) is 0. The van der Waals surface area contributed by atoms with Crippen LogP contribution in [-0.4, -0.2) is 21.6 Å². The summed E-state index contributed by atoms with van der Waals surface area (Å²) in [5.41, 5.74) is 5.16. The summed E-state index contributed by atoms with van der Waals surface area (Å²) in [6.45, 7) is 5.82. The zero-order valence-corrected chi connectivity index (χ0v) is 16.2. The number of nitrogens with one attached hydrogen (secondary N) is 1. The van der Waals surface area contributed by atoms with Crippen molar-refractivity contribution in [2.75, 3.05) is 11.1 Å². The van der Waals surface area contributed by atoms with E-state index in [0.29, 0.717) is 16.4 Å². The summed E-state index contributed by atoms with van der Waals surface area (Å²) >= 11 is 1.36. The van der Waals surface area contributed by atoms with E-state index in [1.165, 1.54) is 11.8 Å². The Bertz CT molecular complexity index is 1150. The summed E-state index contributed by atoms with van der Waals surface area (Å²) < 4.78 is 5.95. The average Bonchev–Trinajstić information content (AvgIpc) is 3.01. The van der Waals surface area contributed by atoms with Crippen molar-refractivity contribution in [2.24, 2.45) is 0 Å². The van der Waals surface area contributed by atoms with Gasteiger partial charge in [-0.3, -0.25) is 4.79 Å². The highest BCUT2D eigenvalue weighted by Gasteiger charge is 2.16. The van der Waals surface area contributed by atoms with Gasteiger partial charge in [0.25, 0.3) is 0 Å². The van der Waals surface area contributed by atoms with Gasteiger partial charge < -0.3 is 9.73 Å². The molecule has 0 radical (unpaired) electrons. The predicted molar refractivity (Wildman–Crippen MR) is 109 cm³/mol. The van der Waals surface area contributed by atoms with Crippen LogP contribution in [0.3, 0.4) is 0 Å². The Morgan fingerprint density at radius 2 is 1.78 bits per heavy atom. The molecular formula is C21H19N3O2S. The van der Waals surface area contributed by atoms with E-state index in [2.05, 4.69) is 15.3 Å². The number of anilines is 1. The van der Waals surface area contributed by atoms with Gasteiger partial charge in [-0.1, -0.05) is 42.1 Å². The Morgan fingerprint density at radius 3 is 2.56 bits per heavy atom. The Balaban J connectivity index is 1.59. The molecule has 0 aliphatic rings. The van der Waals surface area contributed by atoms with Crippen LogP contribution in [0.5, 0.6) is 0 Å². The minimum atomic E-state index is -0.0714. The van der Waals surface area contributed by atoms with Crippen molar-refractivity contribution in [3.63, 3.8) is 0 Å². The SMILES string of the molecule is Cc1nc(SCC(=O)Nc2c(C)cccc2C)c2oc3ccccc3c2n1. The Kier molecular flexibility index (Phi) is 4.58. The molecule has 0 aliphatic carbocycles. The quantitative estimate of drug-likeness (QED) is 0.399. The summed E-state index contributed by atoms with van der Waals surface area (Å²) in [4.78, 5) is 21.5. The largest absolute Gasteiger partial charge is 0.451 e. The van der Waals surface area contributed by atoms with E-state index in [-0.39, 0.29) is 11.7 Å². The van der Waals surface area contributed by atoms with E-state index in [1.807, 2.05) is 63.2 Å². The maximum Gasteiger partial charge on any atom is 0.234 e. The monoisotopic (exact) mass is 377 g/mol. The number of hydrogen-bond acceptors (Lipinski definition) is 5. The minimum Gasteiger partial charge on any atom is -0.451 e. The van der Waals surface area contributed by atoms with E-state index < -0.39 is 0 Å². The van der Waals surface area contributed by atoms with Gasteiger partial charge in [-0.05, 0) is 44.0 Å². The highest BCUT2D eigenvalue weighted by Crippen LogP contribution is 2.33. The number of thioether (sulfide) groups is 1. The predicted octanol–water partition coefficient (Wildman–Crippen LogP) is 5.03. The number of amides is 1. The number of fused-ring (bicyclic) bond motifs is 3. The number of nitrogens with zero attached hydrogens (tertiary/aromatic N) is 2. The first-order valence-corrected chi connectivity index (χ1v) is 9.66. The molecule has 0 fully saturated rings. The van der Waals surface area contributed by atoms with Crippen molar-refractivity contribution < 1.29 is 9.21 Å². The van der Waals surface area contributed by atoms with E-state index in [4.69, 9.17) is 4.42 Å². The lowest BCUT2D eigenvalue weighted by Crippen LogP contribution is -2.16. The van der Waals surface area contributed by atoms with Gasteiger partial charge in [0, 0.05) is 11.1 Å². The molecule has 0 saturated carbocycles. The number of para-hydroxylation sites is 2. The van der Waals surface area contributed by atoms with Crippen LogP contribution < -0.4 is 5.32 Å².